The molecule has 3 nitrogen and oxygen atoms in total. The Kier molecular flexibility index (Phi) is 2.64. The van der Waals surface area contributed by atoms with Crippen LogP contribution in [0.1, 0.15) is 5.56 Å². The maximum atomic E-state index is 12.5. The molecule has 0 radical (unpaired) electrons. The number of aromatic hydroxyl groups is 1. The maximum Gasteiger partial charge on any atom is 0.364 e. The molecule has 0 aliphatic rings. The van der Waals surface area contributed by atoms with Gasteiger partial charge in [-0.2, -0.15) is 4.39 Å². The zero-order valence-electron chi connectivity index (χ0n) is 6.57. The van der Waals surface area contributed by atoms with E-state index in [-0.39, 0.29) is 5.75 Å². The van der Waals surface area contributed by atoms with Crippen molar-refractivity contribution in [2.24, 2.45) is 0 Å². The Morgan fingerprint density at radius 1 is 1.31 bits per heavy atom. The second kappa shape index (κ2) is 3.71. The van der Waals surface area contributed by atoms with E-state index in [1.54, 1.807) is 0 Å². The number of aliphatic carboxylic acids is 1. The molecule has 0 aliphatic heterocycles. The van der Waals surface area contributed by atoms with E-state index in [2.05, 4.69) is 0 Å². The fraction of sp³-hybridized carbons (Fsp3) is 0. The first-order chi connectivity index (χ1) is 6.09. The van der Waals surface area contributed by atoms with Crippen molar-refractivity contribution >= 4 is 12.0 Å². The van der Waals surface area contributed by atoms with Crippen LogP contribution in [0.25, 0.3) is 6.08 Å². The normalized spacial score (nSPS) is 11.3. The third-order valence-corrected chi connectivity index (χ3v) is 1.39. The maximum absolute atomic E-state index is 12.5. The van der Waals surface area contributed by atoms with Crippen molar-refractivity contribution in [1.82, 2.24) is 0 Å². The van der Waals surface area contributed by atoms with Crippen LogP contribution in [0.2, 0.25) is 0 Å². The molecule has 1 aromatic rings. The van der Waals surface area contributed by atoms with Crippen molar-refractivity contribution in [2.75, 3.05) is 0 Å². The standard InChI is InChI=1S/C9H7FO3/c10-8(9(12)13)5-6-1-3-7(11)4-2-6/h1-5,11H,(H,12,13). The van der Waals surface area contributed by atoms with Gasteiger partial charge < -0.3 is 10.2 Å². The Bertz CT molecular complexity index is 340. The molecule has 0 fully saturated rings. The average molecular weight is 182 g/mol. The molecular weight excluding hydrogens is 175 g/mol. The van der Waals surface area contributed by atoms with Crippen LogP contribution >= 0.6 is 0 Å². The van der Waals surface area contributed by atoms with Crippen molar-refractivity contribution in [3.05, 3.63) is 35.7 Å². The van der Waals surface area contributed by atoms with E-state index in [1.807, 2.05) is 0 Å². The number of carbonyl (C=O) groups is 1. The lowest BCUT2D eigenvalue weighted by Gasteiger charge is -1.93. The molecule has 0 saturated carbocycles. The predicted octanol–water partition coefficient (Wildman–Crippen LogP) is 1.79. The fourth-order valence-electron chi connectivity index (χ4n) is 0.779. The Morgan fingerprint density at radius 2 is 1.85 bits per heavy atom. The second-order valence-electron chi connectivity index (χ2n) is 2.39. The third kappa shape index (κ3) is 2.59. The molecule has 0 amide bonds. The van der Waals surface area contributed by atoms with Crippen molar-refractivity contribution in [2.45, 2.75) is 0 Å². The molecule has 0 aromatic heterocycles. The summed E-state index contributed by atoms with van der Waals surface area (Å²) in [6, 6.07) is 5.53. The van der Waals surface area contributed by atoms with Gasteiger partial charge in [0.1, 0.15) is 5.75 Å². The lowest BCUT2D eigenvalue weighted by atomic mass is 10.2. The van der Waals surface area contributed by atoms with E-state index in [0.717, 1.165) is 6.08 Å². The number of carboxylic acid groups (broad SMARTS) is 1. The molecule has 1 rings (SSSR count). The number of rotatable bonds is 2. The first-order valence-corrected chi connectivity index (χ1v) is 3.49. The molecule has 1 aromatic carbocycles. The van der Waals surface area contributed by atoms with Gasteiger partial charge in [-0.3, -0.25) is 0 Å². The zero-order chi connectivity index (χ0) is 9.84. The number of phenols is 1. The van der Waals surface area contributed by atoms with Gasteiger partial charge in [-0.15, -0.1) is 0 Å². The molecular formula is C9H7FO3. The first-order valence-electron chi connectivity index (χ1n) is 3.49. The van der Waals surface area contributed by atoms with Crippen LogP contribution in [0.4, 0.5) is 4.39 Å². The quantitative estimate of drug-likeness (QED) is 0.685. The zero-order valence-corrected chi connectivity index (χ0v) is 6.57. The van der Waals surface area contributed by atoms with Crippen molar-refractivity contribution in [3.63, 3.8) is 0 Å². The monoisotopic (exact) mass is 182 g/mol. The van der Waals surface area contributed by atoms with Gasteiger partial charge >= 0.3 is 5.97 Å². The van der Waals surface area contributed by atoms with Crippen LogP contribution in [0.3, 0.4) is 0 Å². The first kappa shape index (κ1) is 9.25. The van der Waals surface area contributed by atoms with Crippen LogP contribution in [0, 0.1) is 0 Å². The molecule has 0 unspecified atom stereocenters. The highest BCUT2D eigenvalue weighted by molar-refractivity contribution is 5.89. The summed E-state index contributed by atoms with van der Waals surface area (Å²) in [6.07, 6.45) is 0.877. The Hall–Kier alpha value is -1.84. The Balaban J connectivity index is 2.92. The molecule has 0 heterocycles. The van der Waals surface area contributed by atoms with Gasteiger partial charge in [-0.25, -0.2) is 4.79 Å². The third-order valence-electron chi connectivity index (χ3n) is 1.39. The second-order valence-corrected chi connectivity index (χ2v) is 2.39. The summed E-state index contributed by atoms with van der Waals surface area (Å²) < 4.78 is 12.5. The summed E-state index contributed by atoms with van der Waals surface area (Å²) in [5.41, 5.74) is 0.387. The fourth-order valence-corrected chi connectivity index (χ4v) is 0.779. The molecule has 0 bridgehead atoms. The summed E-state index contributed by atoms with van der Waals surface area (Å²) in [5, 5.41) is 17.1. The molecule has 13 heavy (non-hydrogen) atoms. The highest BCUT2D eigenvalue weighted by atomic mass is 19.1. The predicted molar refractivity (Wildman–Crippen MR) is 44.8 cm³/mol. The van der Waals surface area contributed by atoms with Crippen molar-refractivity contribution < 1.29 is 19.4 Å². The van der Waals surface area contributed by atoms with E-state index in [9.17, 15) is 9.18 Å². The van der Waals surface area contributed by atoms with E-state index in [4.69, 9.17) is 10.2 Å². The van der Waals surface area contributed by atoms with Crippen LogP contribution in [0.5, 0.6) is 5.75 Å². The minimum atomic E-state index is -1.60. The number of halogens is 1. The van der Waals surface area contributed by atoms with Crippen molar-refractivity contribution in [1.29, 1.82) is 0 Å². The largest absolute Gasteiger partial charge is 0.508 e. The van der Waals surface area contributed by atoms with Gasteiger partial charge in [0, 0.05) is 0 Å². The highest BCUT2D eigenvalue weighted by Gasteiger charge is 2.04. The SMILES string of the molecule is O=C(O)C(F)=Cc1ccc(O)cc1. The number of carboxylic acids is 1. The number of benzene rings is 1. The van der Waals surface area contributed by atoms with Gasteiger partial charge in [0.2, 0.25) is 5.83 Å². The van der Waals surface area contributed by atoms with E-state index < -0.39 is 11.8 Å². The van der Waals surface area contributed by atoms with E-state index in [1.165, 1.54) is 24.3 Å². The highest BCUT2D eigenvalue weighted by Crippen LogP contribution is 2.13. The molecule has 0 aliphatic carbocycles. The topological polar surface area (TPSA) is 57.5 Å². The van der Waals surface area contributed by atoms with E-state index in [0.29, 0.717) is 5.56 Å². The van der Waals surface area contributed by atoms with E-state index >= 15 is 0 Å². The number of phenolic OH excluding ortho intramolecular Hbond substituents is 1. The van der Waals surface area contributed by atoms with Crippen LogP contribution in [-0.2, 0) is 4.79 Å². The molecule has 0 spiro atoms. The molecule has 2 N–H and O–H groups in total. The number of hydrogen-bond acceptors (Lipinski definition) is 2. The summed E-state index contributed by atoms with van der Waals surface area (Å²) in [7, 11) is 0. The van der Waals surface area contributed by atoms with Gasteiger partial charge in [0.25, 0.3) is 0 Å². The molecule has 4 heteroatoms. The minimum Gasteiger partial charge on any atom is -0.508 e. The van der Waals surface area contributed by atoms with Gasteiger partial charge in [-0.05, 0) is 23.8 Å². The van der Waals surface area contributed by atoms with Gasteiger partial charge in [-0.1, -0.05) is 12.1 Å². The lowest BCUT2D eigenvalue weighted by Crippen LogP contribution is -1.93. The molecule has 0 atom stereocenters. The van der Waals surface area contributed by atoms with Gasteiger partial charge in [0.05, 0.1) is 0 Å². The minimum absolute atomic E-state index is 0.0490. The van der Waals surface area contributed by atoms with Crippen LogP contribution in [0.15, 0.2) is 30.1 Å². The van der Waals surface area contributed by atoms with Crippen molar-refractivity contribution in [3.8, 4) is 5.75 Å². The average Bonchev–Trinajstić information content (AvgIpc) is 2.08. The van der Waals surface area contributed by atoms with Gasteiger partial charge in [0.15, 0.2) is 0 Å². The summed E-state index contributed by atoms with van der Waals surface area (Å²) >= 11 is 0. The Morgan fingerprint density at radius 3 is 2.31 bits per heavy atom. The summed E-state index contributed by atoms with van der Waals surface area (Å²) in [4.78, 5) is 10.1. The lowest BCUT2D eigenvalue weighted by molar-refractivity contribution is -0.134. The summed E-state index contributed by atoms with van der Waals surface area (Å²) in [5.74, 6) is -2.79. The summed E-state index contributed by atoms with van der Waals surface area (Å²) in [6.45, 7) is 0. The smallest absolute Gasteiger partial charge is 0.364 e. The molecule has 68 valence electrons. The van der Waals surface area contributed by atoms with Crippen LogP contribution in [-0.4, -0.2) is 16.2 Å². The van der Waals surface area contributed by atoms with Crippen LogP contribution < -0.4 is 0 Å². The number of hydrogen-bond donors (Lipinski definition) is 2. The Labute approximate surface area is 73.8 Å². The molecule has 0 saturated heterocycles.